The Kier molecular flexibility index (Phi) is 3.80. The average Bonchev–Trinajstić information content (AvgIpc) is 2.73. The molecule has 3 atom stereocenters. The van der Waals surface area contributed by atoms with E-state index < -0.39 is 0 Å². The van der Waals surface area contributed by atoms with Crippen LogP contribution < -0.4 is 0 Å². The minimum atomic E-state index is -0.265. The molecule has 2 saturated heterocycles. The third kappa shape index (κ3) is 2.60. The molecule has 3 rings (SSSR count). The number of carbonyl (C=O) groups excluding carboxylic acids is 3. The van der Waals surface area contributed by atoms with Gasteiger partial charge in [-0.25, -0.2) is 0 Å². The Labute approximate surface area is 123 Å². The molecule has 3 unspecified atom stereocenters. The van der Waals surface area contributed by atoms with E-state index in [0.717, 1.165) is 4.90 Å². The van der Waals surface area contributed by atoms with E-state index in [9.17, 15) is 14.4 Å². The fraction of sp³-hybridized carbons (Fsp3) is 0.667. The number of amides is 3. The number of nitrogens with zero attached hydrogens (tertiary/aromatic N) is 2. The number of allylic oxidation sites excluding steroid dienone is 2. The molecule has 0 saturated carbocycles. The third-order valence-electron chi connectivity index (χ3n) is 4.49. The van der Waals surface area contributed by atoms with E-state index in [2.05, 4.69) is 0 Å². The van der Waals surface area contributed by atoms with Crippen LogP contribution in [0.25, 0.3) is 0 Å². The first-order chi connectivity index (χ1) is 10.1. The summed E-state index contributed by atoms with van der Waals surface area (Å²) in [6.07, 6.45) is 5.10. The Morgan fingerprint density at radius 1 is 1.24 bits per heavy atom. The average molecular weight is 292 g/mol. The van der Waals surface area contributed by atoms with E-state index in [4.69, 9.17) is 4.74 Å². The number of hydrogen-bond acceptors (Lipinski definition) is 4. The van der Waals surface area contributed by atoms with Gasteiger partial charge in [-0.3, -0.25) is 19.3 Å². The van der Waals surface area contributed by atoms with E-state index in [1.165, 1.54) is 0 Å². The van der Waals surface area contributed by atoms with Gasteiger partial charge in [0.25, 0.3) is 0 Å². The van der Waals surface area contributed by atoms with Gasteiger partial charge in [-0.2, -0.15) is 0 Å². The summed E-state index contributed by atoms with van der Waals surface area (Å²) in [7, 11) is 0. The van der Waals surface area contributed by atoms with Gasteiger partial charge >= 0.3 is 0 Å². The van der Waals surface area contributed by atoms with Crippen molar-refractivity contribution in [2.75, 3.05) is 26.2 Å². The highest BCUT2D eigenvalue weighted by Crippen LogP contribution is 2.34. The largest absolute Gasteiger partial charge is 0.375 e. The Hall–Kier alpha value is -1.69. The number of likely N-dealkylation sites (tertiary alicyclic amines) is 1. The van der Waals surface area contributed by atoms with Crippen molar-refractivity contribution in [3.8, 4) is 0 Å². The van der Waals surface area contributed by atoms with Crippen LogP contribution in [0.3, 0.4) is 0 Å². The molecule has 0 N–H and O–H groups in total. The van der Waals surface area contributed by atoms with Crippen molar-refractivity contribution in [2.45, 2.75) is 25.9 Å². The SMILES string of the molecule is CC1CN(C(=O)CN2C(=O)C3CC=CCC3C2=O)CCO1. The second-order valence-electron chi connectivity index (χ2n) is 5.94. The highest BCUT2D eigenvalue weighted by molar-refractivity contribution is 6.07. The molecule has 6 heteroatoms. The minimum Gasteiger partial charge on any atom is -0.375 e. The minimum absolute atomic E-state index is 0.000498. The van der Waals surface area contributed by atoms with E-state index in [1.54, 1.807) is 4.90 Å². The predicted octanol–water partition coefficient (Wildman–Crippen LogP) is 0.185. The Morgan fingerprint density at radius 2 is 1.86 bits per heavy atom. The maximum absolute atomic E-state index is 12.3. The van der Waals surface area contributed by atoms with Gasteiger partial charge in [-0.1, -0.05) is 12.2 Å². The maximum atomic E-state index is 12.3. The first-order valence-electron chi connectivity index (χ1n) is 7.47. The molecule has 3 aliphatic rings. The van der Waals surface area contributed by atoms with Crippen LogP contribution in [-0.4, -0.2) is 59.9 Å². The van der Waals surface area contributed by atoms with Crippen LogP contribution in [0.4, 0.5) is 0 Å². The lowest BCUT2D eigenvalue weighted by Crippen LogP contribution is -2.49. The summed E-state index contributed by atoms with van der Waals surface area (Å²) in [5, 5.41) is 0. The van der Waals surface area contributed by atoms with Crippen molar-refractivity contribution in [1.82, 2.24) is 9.80 Å². The van der Waals surface area contributed by atoms with Gasteiger partial charge in [0.1, 0.15) is 6.54 Å². The number of ether oxygens (including phenoxy) is 1. The highest BCUT2D eigenvalue weighted by Gasteiger charge is 2.47. The molecule has 0 spiro atoms. The molecule has 0 bridgehead atoms. The summed E-state index contributed by atoms with van der Waals surface area (Å²) in [5.41, 5.74) is 0. The van der Waals surface area contributed by atoms with Crippen LogP contribution in [0, 0.1) is 11.8 Å². The molecule has 2 aliphatic heterocycles. The zero-order chi connectivity index (χ0) is 15.0. The standard InChI is InChI=1S/C15H20N2O4/c1-10-8-16(6-7-21-10)13(18)9-17-14(19)11-4-2-3-5-12(11)15(17)20/h2-3,10-12H,4-9H2,1H3. The molecule has 21 heavy (non-hydrogen) atoms. The van der Waals surface area contributed by atoms with Crippen molar-refractivity contribution in [1.29, 1.82) is 0 Å². The van der Waals surface area contributed by atoms with Crippen LogP contribution in [-0.2, 0) is 19.1 Å². The Morgan fingerprint density at radius 3 is 2.43 bits per heavy atom. The molecule has 0 aromatic rings. The van der Waals surface area contributed by atoms with Crippen molar-refractivity contribution in [3.05, 3.63) is 12.2 Å². The number of rotatable bonds is 2. The molecule has 1 aliphatic carbocycles. The zero-order valence-electron chi connectivity index (χ0n) is 12.2. The molecule has 2 heterocycles. The molecule has 6 nitrogen and oxygen atoms in total. The quantitative estimate of drug-likeness (QED) is 0.538. The number of hydrogen-bond donors (Lipinski definition) is 0. The normalized spacial score (nSPS) is 32.5. The molecular weight excluding hydrogens is 272 g/mol. The molecule has 114 valence electrons. The van der Waals surface area contributed by atoms with Crippen molar-refractivity contribution >= 4 is 17.7 Å². The van der Waals surface area contributed by atoms with E-state index >= 15 is 0 Å². The first-order valence-corrected chi connectivity index (χ1v) is 7.47. The molecule has 0 radical (unpaired) electrons. The number of fused-ring (bicyclic) bond motifs is 1. The topological polar surface area (TPSA) is 66.9 Å². The lowest BCUT2D eigenvalue weighted by atomic mass is 9.85. The van der Waals surface area contributed by atoms with E-state index in [-0.39, 0.29) is 42.2 Å². The summed E-state index contributed by atoms with van der Waals surface area (Å²) in [5.74, 6) is -1.08. The van der Waals surface area contributed by atoms with Crippen LogP contribution in [0.5, 0.6) is 0 Å². The van der Waals surface area contributed by atoms with Crippen LogP contribution in [0.2, 0.25) is 0 Å². The summed E-state index contributed by atoms with van der Waals surface area (Å²) in [6, 6.07) is 0. The number of imide groups is 1. The number of morpholine rings is 1. The molecular formula is C15H20N2O4. The summed E-state index contributed by atoms with van der Waals surface area (Å²) in [6.45, 7) is 3.32. The van der Waals surface area contributed by atoms with Crippen molar-refractivity contribution < 1.29 is 19.1 Å². The second-order valence-corrected chi connectivity index (χ2v) is 5.94. The van der Waals surface area contributed by atoms with Gasteiger partial charge in [0.05, 0.1) is 24.5 Å². The highest BCUT2D eigenvalue weighted by atomic mass is 16.5. The second kappa shape index (κ2) is 5.60. The van der Waals surface area contributed by atoms with E-state index in [0.29, 0.717) is 32.5 Å². The summed E-state index contributed by atoms with van der Waals surface area (Å²) >= 11 is 0. The van der Waals surface area contributed by atoms with Crippen LogP contribution in [0.1, 0.15) is 19.8 Å². The van der Waals surface area contributed by atoms with Gasteiger partial charge in [0, 0.05) is 13.1 Å². The number of carbonyl (C=O) groups is 3. The van der Waals surface area contributed by atoms with Gasteiger partial charge in [0.15, 0.2) is 0 Å². The van der Waals surface area contributed by atoms with E-state index in [1.807, 2.05) is 19.1 Å². The molecule has 0 aromatic heterocycles. The lowest BCUT2D eigenvalue weighted by Gasteiger charge is -2.32. The first kappa shape index (κ1) is 14.3. The Bertz CT molecular complexity index is 476. The third-order valence-corrected chi connectivity index (χ3v) is 4.49. The maximum Gasteiger partial charge on any atom is 0.242 e. The molecule has 2 fully saturated rings. The lowest BCUT2D eigenvalue weighted by molar-refractivity contribution is -0.149. The smallest absolute Gasteiger partial charge is 0.242 e. The fourth-order valence-corrected chi connectivity index (χ4v) is 3.31. The van der Waals surface area contributed by atoms with Crippen molar-refractivity contribution in [2.24, 2.45) is 11.8 Å². The summed E-state index contributed by atoms with van der Waals surface area (Å²) < 4.78 is 5.40. The van der Waals surface area contributed by atoms with Crippen molar-refractivity contribution in [3.63, 3.8) is 0 Å². The molecule has 3 amide bonds. The Balaban J connectivity index is 1.66. The fourth-order valence-electron chi connectivity index (χ4n) is 3.31. The van der Waals surface area contributed by atoms with Gasteiger partial charge in [0.2, 0.25) is 17.7 Å². The van der Waals surface area contributed by atoms with Crippen LogP contribution >= 0.6 is 0 Å². The van der Waals surface area contributed by atoms with Gasteiger partial charge in [-0.15, -0.1) is 0 Å². The predicted molar refractivity (Wildman–Crippen MR) is 74.1 cm³/mol. The van der Waals surface area contributed by atoms with Crippen LogP contribution in [0.15, 0.2) is 12.2 Å². The van der Waals surface area contributed by atoms with Gasteiger partial charge in [-0.05, 0) is 19.8 Å². The zero-order valence-corrected chi connectivity index (χ0v) is 12.2. The van der Waals surface area contributed by atoms with Gasteiger partial charge < -0.3 is 9.64 Å². The monoisotopic (exact) mass is 292 g/mol. The molecule has 0 aromatic carbocycles. The summed E-state index contributed by atoms with van der Waals surface area (Å²) in [4.78, 5) is 39.8.